The monoisotopic (exact) mass is 311 g/mol. The predicted molar refractivity (Wildman–Crippen MR) is 89.7 cm³/mol. The van der Waals surface area contributed by atoms with E-state index in [-0.39, 0.29) is 5.91 Å². The number of nitrogens with one attached hydrogen (secondary N) is 1. The lowest BCUT2D eigenvalue weighted by Gasteiger charge is -2.28. The molecule has 23 heavy (non-hydrogen) atoms. The Balaban J connectivity index is 1.48. The highest BCUT2D eigenvalue weighted by Gasteiger charge is 2.10. The van der Waals surface area contributed by atoms with E-state index in [4.69, 9.17) is 4.74 Å². The summed E-state index contributed by atoms with van der Waals surface area (Å²) >= 11 is 0. The summed E-state index contributed by atoms with van der Waals surface area (Å²) in [4.78, 5) is 18.2. The summed E-state index contributed by atoms with van der Waals surface area (Å²) in [5.74, 6) is -0.0580. The van der Waals surface area contributed by atoms with Gasteiger partial charge in [0, 0.05) is 43.3 Å². The number of ether oxygens (including phenoxy) is 1. The molecular formula is C18H21N3O2. The third-order valence-electron chi connectivity index (χ3n) is 3.95. The number of anilines is 1. The number of hydrogen-bond acceptors (Lipinski definition) is 4. The van der Waals surface area contributed by atoms with Crippen molar-refractivity contribution in [3.05, 3.63) is 59.9 Å². The van der Waals surface area contributed by atoms with Gasteiger partial charge in [-0.1, -0.05) is 12.1 Å². The number of hydrogen-bond donors (Lipinski definition) is 1. The summed E-state index contributed by atoms with van der Waals surface area (Å²) in [7, 11) is 0. The van der Waals surface area contributed by atoms with Gasteiger partial charge in [-0.05, 0) is 36.2 Å². The second-order valence-electron chi connectivity index (χ2n) is 5.51. The maximum absolute atomic E-state index is 11.9. The van der Waals surface area contributed by atoms with E-state index in [1.54, 1.807) is 24.5 Å². The van der Waals surface area contributed by atoms with Gasteiger partial charge in [0.15, 0.2) is 0 Å². The van der Waals surface area contributed by atoms with Gasteiger partial charge in [-0.2, -0.15) is 0 Å². The van der Waals surface area contributed by atoms with Crippen LogP contribution in [0.5, 0.6) is 0 Å². The maximum Gasteiger partial charge on any atom is 0.251 e. The van der Waals surface area contributed by atoms with E-state index in [0.717, 1.165) is 32.7 Å². The highest BCUT2D eigenvalue weighted by atomic mass is 16.5. The maximum atomic E-state index is 11.9. The van der Waals surface area contributed by atoms with Crippen molar-refractivity contribution in [1.82, 2.24) is 10.3 Å². The Morgan fingerprint density at radius 1 is 1.09 bits per heavy atom. The second kappa shape index (κ2) is 7.74. The van der Waals surface area contributed by atoms with E-state index in [9.17, 15) is 4.79 Å². The molecule has 1 aromatic carbocycles. The molecule has 3 rings (SSSR count). The molecule has 1 aromatic heterocycles. The van der Waals surface area contributed by atoms with Gasteiger partial charge in [0.05, 0.1) is 13.2 Å². The predicted octanol–water partition coefficient (Wildman–Crippen LogP) is 1.89. The molecular weight excluding hydrogens is 290 g/mol. The van der Waals surface area contributed by atoms with Crippen LogP contribution < -0.4 is 10.2 Å². The van der Waals surface area contributed by atoms with Crippen molar-refractivity contribution < 1.29 is 9.53 Å². The SMILES string of the molecule is O=C(NCCc1ccc(N2CCOCC2)cc1)c1ccncc1. The molecule has 1 aliphatic rings. The molecule has 1 aliphatic heterocycles. The summed E-state index contributed by atoms with van der Waals surface area (Å²) in [5, 5.41) is 2.93. The highest BCUT2D eigenvalue weighted by molar-refractivity contribution is 5.93. The second-order valence-corrected chi connectivity index (χ2v) is 5.51. The molecule has 0 unspecified atom stereocenters. The standard InChI is InChI=1S/C18H21N3O2/c22-18(16-6-8-19-9-7-16)20-10-5-15-1-3-17(4-2-15)21-11-13-23-14-12-21/h1-4,6-9H,5,10-14H2,(H,20,22). The smallest absolute Gasteiger partial charge is 0.251 e. The van der Waals surface area contributed by atoms with Crippen LogP contribution >= 0.6 is 0 Å². The Morgan fingerprint density at radius 3 is 2.48 bits per heavy atom. The average molecular weight is 311 g/mol. The molecule has 0 radical (unpaired) electrons. The Bertz CT molecular complexity index is 622. The number of rotatable bonds is 5. The van der Waals surface area contributed by atoms with Crippen LogP contribution in [0.4, 0.5) is 5.69 Å². The highest BCUT2D eigenvalue weighted by Crippen LogP contribution is 2.16. The van der Waals surface area contributed by atoms with E-state index in [1.807, 2.05) is 0 Å². The van der Waals surface area contributed by atoms with E-state index in [1.165, 1.54) is 11.3 Å². The molecule has 5 heteroatoms. The van der Waals surface area contributed by atoms with Gasteiger partial charge < -0.3 is 15.0 Å². The molecule has 0 atom stereocenters. The first-order valence-electron chi connectivity index (χ1n) is 7.93. The molecule has 1 N–H and O–H groups in total. The summed E-state index contributed by atoms with van der Waals surface area (Å²) in [6, 6.07) is 12.0. The molecule has 2 aromatic rings. The van der Waals surface area contributed by atoms with Crippen LogP contribution in [0, 0.1) is 0 Å². The third-order valence-corrected chi connectivity index (χ3v) is 3.95. The van der Waals surface area contributed by atoms with E-state index >= 15 is 0 Å². The van der Waals surface area contributed by atoms with E-state index in [2.05, 4.69) is 39.5 Å². The minimum absolute atomic E-state index is 0.0580. The summed E-state index contributed by atoms with van der Waals surface area (Å²) in [5.41, 5.74) is 3.09. The molecule has 0 bridgehead atoms. The van der Waals surface area contributed by atoms with Crippen molar-refractivity contribution in [2.45, 2.75) is 6.42 Å². The zero-order chi connectivity index (χ0) is 15.9. The van der Waals surface area contributed by atoms with Gasteiger partial charge in [0.1, 0.15) is 0 Å². The number of carbonyl (C=O) groups excluding carboxylic acids is 1. The number of benzene rings is 1. The number of carbonyl (C=O) groups is 1. The molecule has 2 heterocycles. The first-order valence-corrected chi connectivity index (χ1v) is 7.93. The van der Waals surface area contributed by atoms with Crippen molar-refractivity contribution in [2.75, 3.05) is 37.7 Å². The molecule has 0 spiro atoms. The summed E-state index contributed by atoms with van der Waals surface area (Å²) in [6.45, 7) is 4.10. The van der Waals surface area contributed by atoms with Gasteiger partial charge in [0.2, 0.25) is 0 Å². The summed E-state index contributed by atoms with van der Waals surface area (Å²) in [6.07, 6.45) is 4.07. The number of amides is 1. The van der Waals surface area contributed by atoms with Gasteiger partial charge in [-0.25, -0.2) is 0 Å². The first-order chi connectivity index (χ1) is 11.3. The Labute approximate surface area is 136 Å². The first kappa shape index (κ1) is 15.5. The molecule has 0 aliphatic carbocycles. The van der Waals surface area contributed by atoms with Crippen LogP contribution in [-0.4, -0.2) is 43.7 Å². The fraction of sp³-hybridized carbons (Fsp3) is 0.333. The van der Waals surface area contributed by atoms with Gasteiger partial charge >= 0.3 is 0 Å². The van der Waals surface area contributed by atoms with Gasteiger partial charge in [0.25, 0.3) is 5.91 Å². The molecule has 5 nitrogen and oxygen atoms in total. The van der Waals surface area contributed by atoms with Crippen LogP contribution in [0.1, 0.15) is 15.9 Å². The van der Waals surface area contributed by atoms with Gasteiger partial charge in [-0.3, -0.25) is 9.78 Å². The average Bonchev–Trinajstić information content (AvgIpc) is 2.64. The van der Waals surface area contributed by atoms with Crippen molar-refractivity contribution >= 4 is 11.6 Å². The zero-order valence-electron chi connectivity index (χ0n) is 13.1. The molecule has 1 fully saturated rings. The fourth-order valence-electron chi connectivity index (χ4n) is 2.62. The lowest BCUT2D eigenvalue weighted by molar-refractivity contribution is 0.0954. The van der Waals surface area contributed by atoms with Crippen molar-refractivity contribution in [3.63, 3.8) is 0 Å². The van der Waals surface area contributed by atoms with Crippen LogP contribution in [-0.2, 0) is 11.2 Å². The lowest BCUT2D eigenvalue weighted by atomic mass is 10.1. The Kier molecular flexibility index (Phi) is 5.21. The summed E-state index contributed by atoms with van der Waals surface area (Å²) < 4.78 is 5.37. The van der Waals surface area contributed by atoms with Crippen LogP contribution in [0.25, 0.3) is 0 Å². The number of morpholine rings is 1. The quantitative estimate of drug-likeness (QED) is 0.916. The van der Waals surface area contributed by atoms with Crippen LogP contribution in [0.15, 0.2) is 48.8 Å². The fourth-order valence-corrected chi connectivity index (χ4v) is 2.62. The number of aromatic nitrogens is 1. The zero-order valence-corrected chi connectivity index (χ0v) is 13.1. The molecule has 1 amide bonds. The Hall–Kier alpha value is -2.40. The van der Waals surface area contributed by atoms with Crippen molar-refractivity contribution in [2.24, 2.45) is 0 Å². The third kappa shape index (κ3) is 4.29. The van der Waals surface area contributed by atoms with Gasteiger partial charge in [-0.15, -0.1) is 0 Å². The van der Waals surface area contributed by atoms with Crippen LogP contribution in [0.2, 0.25) is 0 Å². The van der Waals surface area contributed by atoms with Crippen molar-refractivity contribution in [3.8, 4) is 0 Å². The number of pyridine rings is 1. The van der Waals surface area contributed by atoms with Crippen LogP contribution in [0.3, 0.4) is 0 Å². The van der Waals surface area contributed by atoms with E-state index in [0.29, 0.717) is 12.1 Å². The number of nitrogens with zero attached hydrogens (tertiary/aromatic N) is 2. The van der Waals surface area contributed by atoms with E-state index < -0.39 is 0 Å². The minimum atomic E-state index is -0.0580. The minimum Gasteiger partial charge on any atom is -0.378 e. The molecule has 0 saturated carbocycles. The van der Waals surface area contributed by atoms with Crippen molar-refractivity contribution in [1.29, 1.82) is 0 Å². The lowest BCUT2D eigenvalue weighted by Crippen LogP contribution is -2.36. The molecule has 1 saturated heterocycles. The largest absolute Gasteiger partial charge is 0.378 e. The molecule has 120 valence electrons. The topological polar surface area (TPSA) is 54.5 Å². The Morgan fingerprint density at radius 2 is 1.78 bits per heavy atom. The normalized spacial score (nSPS) is 14.5.